The number of amides is 2. The standard InChI is InChI=1S/C28H32ClN3O4S/c1-4-21(2)30-28(34)22(3)31(19-23-12-11-13-24(29)18-23)27(33)20-32(25-14-7-5-8-15-25)37(35,36)26-16-9-6-10-17-26/h5-18,21-22H,4,19-20H2,1-3H3,(H,30,34)/t21-,22+/m0/s1. The van der Waals surface area contributed by atoms with E-state index in [0.29, 0.717) is 10.7 Å². The molecular formula is C28H32ClN3O4S. The van der Waals surface area contributed by atoms with Crippen LogP contribution in [0.25, 0.3) is 0 Å². The van der Waals surface area contributed by atoms with Crippen molar-refractivity contribution in [1.82, 2.24) is 10.2 Å². The number of halogens is 1. The van der Waals surface area contributed by atoms with Crippen molar-refractivity contribution in [1.29, 1.82) is 0 Å². The molecule has 37 heavy (non-hydrogen) atoms. The van der Waals surface area contributed by atoms with E-state index in [1.807, 2.05) is 13.8 Å². The first-order valence-corrected chi connectivity index (χ1v) is 13.9. The SMILES string of the molecule is CC[C@H](C)NC(=O)[C@@H](C)N(Cc1cccc(Cl)c1)C(=O)CN(c1ccccc1)S(=O)(=O)c1ccccc1. The van der Waals surface area contributed by atoms with Gasteiger partial charge in [0.25, 0.3) is 10.0 Å². The first-order chi connectivity index (χ1) is 17.6. The summed E-state index contributed by atoms with van der Waals surface area (Å²) >= 11 is 6.16. The first-order valence-electron chi connectivity index (χ1n) is 12.1. The van der Waals surface area contributed by atoms with E-state index in [1.54, 1.807) is 79.7 Å². The molecule has 0 radical (unpaired) electrons. The molecule has 0 saturated carbocycles. The van der Waals surface area contributed by atoms with Crippen molar-refractivity contribution in [3.05, 3.63) is 95.5 Å². The zero-order chi connectivity index (χ0) is 27.0. The highest BCUT2D eigenvalue weighted by atomic mass is 35.5. The summed E-state index contributed by atoms with van der Waals surface area (Å²) in [6, 6.07) is 22.5. The van der Waals surface area contributed by atoms with Crippen molar-refractivity contribution in [2.24, 2.45) is 0 Å². The van der Waals surface area contributed by atoms with Gasteiger partial charge in [0.1, 0.15) is 12.6 Å². The maximum Gasteiger partial charge on any atom is 0.264 e. The molecule has 0 heterocycles. The lowest BCUT2D eigenvalue weighted by molar-refractivity contribution is -0.139. The number of nitrogens with zero attached hydrogens (tertiary/aromatic N) is 2. The molecule has 3 rings (SSSR count). The smallest absolute Gasteiger partial charge is 0.264 e. The molecule has 0 aliphatic heterocycles. The van der Waals surface area contributed by atoms with Crippen LogP contribution in [0.1, 0.15) is 32.8 Å². The molecule has 9 heteroatoms. The molecular weight excluding hydrogens is 510 g/mol. The molecule has 7 nitrogen and oxygen atoms in total. The van der Waals surface area contributed by atoms with Gasteiger partial charge < -0.3 is 10.2 Å². The van der Waals surface area contributed by atoms with Gasteiger partial charge in [-0.15, -0.1) is 0 Å². The Bertz CT molecular complexity index is 1300. The van der Waals surface area contributed by atoms with E-state index < -0.39 is 28.5 Å². The van der Waals surface area contributed by atoms with Crippen LogP contribution in [0.4, 0.5) is 5.69 Å². The summed E-state index contributed by atoms with van der Waals surface area (Å²) in [7, 11) is -4.07. The summed E-state index contributed by atoms with van der Waals surface area (Å²) in [6.45, 7) is 5.08. The van der Waals surface area contributed by atoms with Crippen molar-refractivity contribution >= 4 is 39.1 Å². The fraction of sp³-hybridized carbons (Fsp3) is 0.286. The van der Waals surface area contributed by atoms with Crippen LogP contribution >= 0.6 is 11.6 Å². The van der Waals surface area contributed by atoms with Gasteiger partial charge in [-0.25, -0.2) is 8.42 Å². The molecule has 0 unspecified atom stereocenters. The van der Waals surface area contributed by atoms with E-state index in [-0.39, 0.29) is 23.4 Å². The Morgan fingerprint density at radius 1 is 0.919 bits per heavy atom. The monoisotopic (exact) mass is 541 g/mol. The summed E-state index contributed by atoms with van der Waals surface area (Å²) in [5.74, 6) is -0.836. The van der Waals surface area contributed by atoms with Crippen molar-refractivity contribution < 1.29 is 18.0 Å². The number of hydrogen-bond acceptors (Lipinski definition) is 4. The van der Waals surface area contributed by atoms with E-state index in [4.69, 9.17) is 11.6 Å². The highest BCUT2D eigenvalue weighted by Gasteiger charge is 2.32. The second-order valence-electron chi connectivity index (χ2n) is 8.81. The number of rotatable bonds is 11. The van der Waals surface area contributed by atoms with Crippen molar-refractivity contribution in [2.75, 3.05) is 10.8 Å². The van der Waals surface area contributed by atoms with Gasteiger partial charge in [-0.05, 0) is 62.2 Å². The van der Waals surface area contributed by atoms with Crippen molar-refractivity contribution in [2.45, 2.75) is 50.7 Å². The molecule has 0 spiro atoms. The zero-order valence-electron chi connectivity index (χ0n) is 21.2. The molecule has 1 N–H and O–H groups in total. The number of nitrogens with one attached hydrogen (secondary N) is 1. The Morgan fingerprint density at radius 3 is 2.14 bits per heavy atom. The van der Waals surface area contributed by atoms with Gasteiger partial charge in [0, 0.05) is 17.6 Å². The largest absolute Gasteiger partial charge is 0.352 e. The maximum absolute atomic E-state index is 13.8. The summed E-state index contributed by atoms with van der Waals surface area (Å²) < 4.78 is 28.4. The summed E-state index contributed by atoms with van der Waals surface area (Å²) in [4.78, 5) is 28.3. The number of carbonyl (C=O) groups is 2. The predicted molar refractivity (Wildman–Crippen MR) is 147 cm³/mol. The lowest BCUT2D eigenvalue weighted by Gasteiger charge is -2.32. The highest BCUT2D eigenvalue weighted by molar-refractivity contribution is 7.92. The van der Waals surface area contributed by atoms with E-state index >= 15 is 0 Å². The van der Waals surface area contributed by atoms with Gasteiger partial charge in [-0.2, -0.15) is 0 Å². The van der Waals surface area contributed by atoms with Gasteiger partial charge in [0.2, 0.25) is 11.8 Å². The fourth-order valence-electron chi connectivity index (χ4n) is 3.72. The molecule has 196 valence electrons. The third kappa shape index (κ3) is 7.33. The number of sulfonamides is 1. The molecule has 0 aliphatic rings. The third-order valence-electron chi connectivity index (χ3n) is 6.06. The quantitative estimate of drug-likeness (QED) is 0.375. The topological polar surface area (TPSA) is 86.8 Å². The molecule has 2 amide bonds. The second kappa shape index (κ2) is 12.7. The Hall–Kier alpha value is -3.36. The lowest BCUT2D eigenvalue weighted by Crippen LogP contribution is -2.52. The Kier molecular flexibility index (Phi) is 9.72. The van der Waals surface area contributed by atoms with Crippen LogP contribution < -0.4 is 9.62 Å². The average Bonchev–Trinajstić information content (AvgIpc) is 2.90. The van der Waals surface area contributed by atoms with E-state index in [0.717, 1.165) is 16.3 Å². The molecule has 2 atom stereocenters. The number of benzene rings is 3. The number of carbonyl (C=O) groups excluding carboxylic acids is 2. The van der Waals surface area contributed by atoms with Gasteiger partial charge in [0.15, 0.2) is 0 Å². The summed E-state index contributed by atoms with van der Waals surface area (Å²) in [5, 5.41) is 3.41. The Labute approximate surface area is 224 Å². The van der Waals surface area contributed by atoms with Crippen LogP contribution in [-0.4, -0.2) is 43.8 Å². The molecule has 0 aliphatic carbocycles. The van der Waals surface area contributed by atoms with Gasteiger partial charge in [-0.3, -0.25) is 13.9 Å². The first kappa shape index (κ1) is 28.2. The average molecular weight is 542 g/mol. The summed E-state index contributed by atoms with van der Waals surface area (Å²) in [5.41, 5.74) is 1.07. The van der Waals surface area contributed by atoms with Crippen LogP contribution in [-0.2, 0) is 26.2 Å². The molecule has 3 aromatic rings. The molecule has 0 aromatic heterocycles. The van der Waals surface area contributed by atoms with Crippen LogP contribution in [0.5, 0.6) is 0 Å². The van der Waals surface area contributed by atoms with E-state index in [1.165, 1.54) is 17.0 Å². The van der Waals surface area contributed by atoms with E-state index in [2.05, 4.69) is 5.32 Å². The molecule has 0 saturated heterocycles. The number of anilines is 1. The molecule has 0 fully saturated rings. The minimum atomic E-state index is -4.07. The number of para-hydroxylation sites is 1. The van der Waals surface area contributed by atoms with Gasteiger partial charge in [-0.1, -0.05) is 67.1 Å². The molecule has 3 aromatic carbocycles. The zero-order valence-corrected chi connectivity index (χ0v) is 22.7. The minimum absolute atomic E-state index is 0.0654. The maximum atomic E-state index is 13.8. The third-order valence-corrected chi connectivity index (χ3v) is 8.09. The Balaban J connectivity index is 1.99. The minimum Gasteiger partial charge on any atom is -0.352 e. The normalized spacial score (nSPS) is 12.9. The van der Waals surface area contributed by atoms with Crippen LogP contribution in [0.15, 0.2) is 89.8 Å². The van der Waals surface area contributed by atoms with Crippen LogP contribution in [0.2, 0.25) is 5.02 Å². The highest BCUT2D eigenvalue weighted by Crippen LogP contribution is 2.24. The van der Waals surface area contributed by atoms with Crippen molar-refractivity contribution in [3.8, 4) is 0 Å². The molecule has 0 bridgehead atoms. The van der Waals surface area contributed by atoms with Gasteiger partial charge >= 0.3 is 0 Å². The van der Waals surface area contributed by atoms with Crippen LogP contribution in [0.3, 0.4) is 0 Å². The number of hydrogen-bond donors (Lipinski definition) is 1. The van der Waals surface area contributed by atoms with Crippen LogP contribution in [0, 0.1) is 0 Å². The second-order valence-corrected chi connectivity index (χ2v) is 11.1. The lowest BCUT2D eigenvalue weighted by atomic mass is 10.1. The Morgan fingerprint density at radius 2 is 1.54 bits per heavy atom. The van der Waals surface area contributed by atoms with E-state index in [9.17, 15) is 18.0 Å². The fourth-order valence-corrected chi connectivity index (χ4v) is 5.37. The van der Waals surface area contributed by atoms with Gasteiger partial charge in [0.05, 0.1) is 10.6 Å². The predicted octanol–water partition coefficient (Wildman–Crippen LogP) is 4.87. The summed E-state index contributed by atoms with van der Waals surface area (Å²) in [6.07, 6.45) is 0.734. The van der Waals surface area contributed by atoms with Crippen molar-refractivity contribution in [3.63, 3.8) is 0 Å².